The number of rotatable bonds is 4. The number of hydrogen-bond acceptors (Lipinski definition) is 3. The summed E-state index contributed by atoms with van der Waals surface area (Å²) in [6, 6.07) is 9.66. The maximum absolute atomic E-state index is 13.2. The van der Waals surface area contributed by atoms with E-state index >= 15 is 0 Å². The first kappa shape index (κ1) is 14.5. The Kier molecular flexibility index (Phi) is 4.52. The third kappa shape index (κ3) is 3.80. The number of nitrogens with zero attached hydrogens (tertiary/aromatic N) is 1. The number of aryl methyl sites for hydroxylation is 1. The molecule has 2 rings (SSSR count). The molecule has 0 spiro atoms. The lowest BCUT2D eigenvalue weighted by molar-refractivity contribution is -0.117. The molecule has 1 N–H and O–H groups in total. The number of nitriles is 1. The van der Waals surface area contributed by atoms with Gasteiger partial charge in [0.25, 0.3) is 5.91 Å². The van der Waals surface area contributed by atoms with Crippen LogP contribution < -0.4 is 5.32 Å². The van der Waals surface area contributed by atoms with Crippen molar-refractivity contribution in [2.75, 3.05) is 0 Å². The fourth-order valence-corrected chi connectivity index (χ4v) is 1.75. The average Bonchev–Trinajstić information content (AvgIpc) is 2.99. The quantitative estimate of drug-likeness (QED) is 0.693. The van der Waals surface area contributed by atoms with Gasteiger partial charge in [0.15, 0.2) is 0 Å². The van der Waals surface area contributed by atoms with Gasteiger partial charge in [-0.15, -0.1) is 0 Å². The molecule has 0 aliphatic heterocycles. The highest BCUT2D eigenvalue weighted by molar-refractivity contribution is 6.01. The maximum atomic E-state index is 13.2. The lowest BCUT2D eigenvalue weighted by Gasteiger charge is -2.03. The van der Waals surface area contributed by atoms with Crippen molar-refractivity contribution in [3.8, 4) is 6.07 Å². The molecular weight excluding hydrogens is 271 g/mol. The van der Waals surface area contributed by atoms with E-state index in [1.165, 1.54) is 24.5 Å². The predicted octanol–water partition coefficient (Wildman–Crippen LogP) is 2.95. The normalized spacial score (nSPS) is 11.0. The fraction of sp³-hybridized carbons (Fsp3) is 0.125. The summed E-state index contributed by atoms with van der Waals surface area (Å²) in [5.41, 5.74) is 1.00. The van der Waals surface area contributed by atoms with Crippen molar-refractivity contribution in [1.29, 1.82) is 5.26 Å². The molecule has 21 heavy (non-hydrogen) atoms. The smallest absolute Gasteiger partial charge is 0.262 e. The van der Waals surface area contributed by atoms with Crippen LogP contribution in [0.15, 0.2) is 46.6 Å². The van der Waals surface area contributed by atoms with Crippen LogP contribution in [0.4, 0.5) is 4.39 Å². The van der Waals surface area contributed by atoms with Crippen LogP contribution in [0, 0.1) is 24.1 Å². The average molecular weight is 284 g/mol. The van der Waals surface area contributed by atoms with Gasteiger partial charge in [-0.25, -0.2) is 4.39 Å². The van der Waals surface area contributed by atoms with E-state index in [0.717, 1.165) is 0 Å². The monoisotopic (exact) mass is 284 g/mol. The molecule has 0 bridgehead atoms. The van der Waals surface area contributed by atoms with Crippen molar-refractivity contribution < 1.29 is 13.6 Å². The van der Waals surface area contributed by atoms with Gasteiger partial charge in [-0.1, -0.05) is 6.07 Å². The Morgan fingerprint density at radius 3 is 2.90 bits per heavy atom. The molecule has 0 saturated heterocycles. The second-order valence-corrected chi connectivity index (χ2v) is 4.44. The SMILES string of the molecule is Cc1cc(C=C(C#N)C(=O)NCc2ccco2)ccc1F. The minimum atomic E-state index is -0.504. The zero-order valence-corrected chi connectivity index (χ0v) is 11.4. The number of amides is 1. The molecule has 0 aliphatic rings. The zero-order valence-electron chi connectivity index (χ0n) is 11.4. The topological polar surface area (TPSA) is 66.0 Å². The van der Waals surface area contributed by atoms with Crippen LogP contribution in [-0.4, -0.2) is 5.91 Å². The predicted molar refractivity (Wildman–Crippen MR) is 75.3 cm³/mol. The molecule has 5 heteroatoms. The second-order valence-electron chi connectivity index (χ2n) is 4.44. The van der Waals surface area contributed by atoms with E-state index in [1.807, 2.05) is 6.07 Å². The molecule has 0 atom stereocenters. The minimum Gasteiger partial charge on any atom is -0.467 e. The molecule has 0 radical (unpaired) electrons. The number of hydrogen-bond donors (Lipinski definition) is 1. The molecule has 1 heterocycles. The van der Waals surface area contributed by atoms with Crippen LogP contribution in [0.25, 0.3) is 6.08 Å². The fourth-order valence-electron chi connectivity index (χ4n) is 1.75. The summed E-state index contributed by atoms with van der Waals surface area (Å²) < 4.78 is 18.3. The molecule has 1 amide bonds. The van der Waals surface area contributed by atoms with E-state index < -0.39 is 5.91 Å². The summed E-state index contributed by atoms with van der Waals surface area (Å²) in [5, 5.41) is 11.6. The summed E-state index contributed by atoms with van der Waals surface area (Å²) in [6.45, 7) is 1.82. The Morgan fingerprint density at radius 1 is 1.48 bits per heavy atom. The Hall–Kier alpha value is -2.87. The van der Waals surface area contributed by atoms with Crippen molar-refractivity contribution in [3.63, 3.8) is 0 Å². The summed E-state index contributed by atoms with van der Waals surface area (Å²) in [6.07, 6.45) is 2.92. The summed E-state index contributed by atoms with van der Waals surface area (Å²) >= 11 is 0. The van der Waals surface area contributed by atoms with E-state index in [4.69, 9.17) is 9.68 Å². The molecule has 2 aromatic rings. The highest BCUT2D eigenvalue weighted by atomic mass is 19.1. The second kappa shape index (κ2) is 6.53. The molecule has 106 valence electrons. The van der Waals surface area contributed by atoms with Crippen LogP contribution in [-0.2, 0) is 11.3 Å². The van der Waals surface area contributed by atoms with Crippen molar-refractivity contribution in [3.05, 3.63) is 64.9 Å². The van der Waals surface area contributed by atoms with E-state index in [0.29, 0.717) is 16.9 Å². The van der Waals surface area contributed by atoms with E-state index in [9.17, 15) is 9.18 Å². The summed E-state index contributed by atoms with van der Waals surface area (Å²) in [4.78, 5) is 11.9. The largest absolute Gasteiger partial charge is 0.467 e. The molecule has 1 aromatic carbocycles. The maximum Gasteiger partial charge on any atom is 0.262 e. The number of benzene rings is 1. The van der Waals surface area contributed by atoms with Gasteiger partial charge in [-0.05, 0) is 48.4 Å². The highest BCUT2D eigenvalue weighted by Crippen LogP contribution is 2.12. The van der Waals surface area contributed by atoms with Crippen LogP contribution in [0.5, 0.6) is 0 Å². The van der Waals surface area contributed by atoms with E-state index in [-0.39, 0.29) is 17.9 Å². The molecule has 0 unspecified atom stereocenters. The van der Waals surface area contributed by atoms with Crippen molar-refractivity contribution in [2.45, 2.75) is 13.5 Å². The molecular formula is C16H13FN2O2. The van der Waals surface area contributed by atoms with Gasteiger partial charge in [0.1, 0.15) is 23.2 Å². The van der Waals surface area contributed by atoms with Gasteiger partial charge in [0, 0.05) is 0 Å². The van der Waals surface area contributed by atoms with Gasteiger partial charge in [0.2, 0.25) is 0 Å². The van der Waals surface area contributed by atoms with E-state index in [1.54, 1.807) is 25.1 Å². The number of furan rings is 1. The van der Waals surface area contributed by atoms with Gasteiger partial charge >= 0.3 is 0 Å². The van der Waals surface area contributed by atoms with Crippen LogP contribution >= 0.6 is 0 Å². The Bertz CT molecular complexity index is 712. The van der Waals surface area contributed by atoms with Gasteiger partial charge in [0.05, 0.1) is 12.8 Å². The standard InChI is InChI=1S/C16H13FN2O2/c1-11-7-12(4-5-15(11)17)8-13(9-18)16(20)19-10-14-3-2-6-21-14/h2-8H,10H2,1H3,(H,19,20). The minimum absolute atomic E-state index is 0.0486. The van der Waals surface area contributed by atoms with Gasteiger partial charge < -0.3 is 9.73 Å². The number of carbonyl (C=O) groups is 1. The van der Waals surface area contributed by atoms with Crippen LogP contribution in [0.1, 0.15) is 16.9 Å². The lowest BCUT2D eigenvalue weighted by atomic mass is 10.1. The first-order valence-electron chi connectivity index (χ1n) is 6.28. The Balaban J connectivity index is 2.10. The third-order valence-electron chi connectivity index (χ3n) is 2.86. The number of carbonyl (C=O) groups excluding carboxylic acids is 1. The summed E-state index contributed by atoms with van der Waals surface area (Å²) in [7, 11) is 0. The third-order valence-corrected chi connectivity index (χ3v) is 2.86. The lowest BCUT2D eigenvalue weighted by Crippen LogP contribution is -2.23. The Morgan fingerprint density at radius 2 is 2.29 bits per heavy atom. The first-order chi connectivity index (χ1) is 10.1. The molecule has 0 saturated carbocycles. The first-order valence-corrected chi connectivity index (χ1v) is 6.28. The summed E-state index contributed by atoms with van der Waals surface area (Å²) in [5.74, 6) is -0.234. The molecule has 1 aromatic heterocycles. The molecule has 0 fully saturated rings. The van der Waals surface area contributed by atoms with Crippen molar-refractivity contribution in [1.82, 2.24) is 5.32 Å². The number of nitrogens with one attached hydrogen (secondary N) is 1. The molecule has 0 aliphatic carbocycles. The van der Waals surface area contributed by atoms with Crippen LogP contribution in [0.3, 0.4) is 0 Å². The molecule has 4 nitrogen and oxygen atoms in total. The highest BCUT2D eigenvalue weighted by Gasteiger charge is 2.09. The van der Waals surface area contributed by atoms with Crippen molar-refractivity contribution in [2.24, 2.45) is 0 Å². The van der Waals surface area contributed by atoms with Crippen LogP contribution in [0.2, 0.25) is 0 Å². The van der Waals surface area contributed by atoms with Gasteiger partial charge in [-0.3, -0.25) is 4.79 Å². The Labute approximate surface area is 121 Å². The zero-order chi connectivity index (χ0) is 15.2. The number of halogens is 1. The van der Waals surface area contributed by atoms with Crippen molar-refractivity contribution >= 4 is 12.0 Å². The van der Waals surface area contributed by atoms with Gasteiger partial charge in [-0.2, -0.15) is 5.26 Å². The van der Waals surface area contributed by atoms with E-state index in [2.05, 4.69) is 5.32 Å².